The molecule has 5 rings (SSSR count). The molecule has 5 aromatic rings. The van der Waals surface area contributed by atoms with E-state index in [4.69, 9.17) is 9.47 Å². The third kappa shape index (κ3) is 13.6. The predicted octanol–water partition coefficient (Wildman–Crippen LogP) is 7.83. The molecule has 0 aliphatic heterocycles. The summed E-state index contributed by atoms with van der Waals surface area (Å²) in [5.41, 5.74) is 4.98. The first-order valence-electron chi connectivity index (χ1n) is 19.8. The van der Waals surface area contributed by atoms with Gasteiger partial charge in [0, 0.05) is 23.5 Å². The van der Waals surface area contributed by atoms with Crippen LogP contribution in [0.15, 0.2) is 141 Å². The van der Waals surface area contributed by atoms with Crippen molar-refractivity contribution < 1.29 is 29.0 Å². The van der Waals surface area contributed by atoms with Crippen LogP contribution in [0.4, 0.5) is 0 Å². The van der Waals surface area contributed by atoms with E-state index in [-0.39, 0.29) is 49.8 Å². The zero-order chi connectivity index (χ0) is 40.2. The van der Waals surface area contributed by atoms with Crippen molar-refractivity contribution in [2.24, 2.45) is 11.8 Å². The SMILES string of the molecule is C=CCCC[C@H](Cc1ccccc1)C(=O)OC[C@H](Cc1c[nH]c2ccccc12)NC(=O)[C@@H](CC=C)CC(=O)N[C@H](CO)Cc1ccc(OCc2ccccc2)cc1. The number of ether oxygens (including phenoxy) is 2. The van der Waals surface area contributed by atoms with E-state index in [1.54, 1.807) is 6.08 Å². The number of allylic oxidation sites excluding steroid dienone is 2. The molecule has 0 aliphatic rings. The second kappa shape index (κ2) is 22.6. The van der Waals surface area contributed by atoms with Gasteiger partial charge in [-0.25, -0.2) is 0 Å². The van der Waals surface area contributed by atoms with Gasteiger partial charge in [-0.05, 0) is 85.4 Å². The molecule has 4 aromatic carbocycles. The van der Waals surface area contributed by atoms with Crippen molar-refractivity contribution in [1.29, 1.82) is 0 Å². The summed E-state index contributed by atoms with van der Waals surface area (Å²) in [7, 11) is 0. The summed E-state index contributed by atoms with van der Waals surface area (Å²) >= 11 is 0. The van der Waals surface area contributed by atoms with Gasteiger partial charge >= 0.3 is 5.97 Å². The maximum atomic E-state index is 13.9. The lowest BCUT2D eigenvalue weighted by Gasteiger charge is -2.24. The predicted molar refractivity (Wildman–Crippen MR) is 225 cm³/mol. The summed E-state index contributed by atoms with van der Waals surface area (Å²) in [6.45, 7) is 7.81. The number of aromatic amines is 1. The molecule has 9 heteroatoms. The number of rotatable bonds is 24. The molecule has 0 spiro atoms. The Morgan fingerprint density at radius 3 is 2.12 bits per heavy atom. The largest absolute Gasteiger partial charge is 0.489 e. The number of para-hydroxylation sites is 1. The van der Waals surface area contributed by atoms with Crippen LogP contribution in [0.3, 0.4) is 0 Å². The number of benzene rings is 4. The van der Waals surface area contributed by atoms with Crippen LogP contribution in [0.1, 0.15) is 54.4 Å². The van der Waals surface area contributed by atoms with E-state index >= 15 is 0 Å². The van der Waals surface area contributed by atoms with Crippen LogP contribution in [-0.2, 0) is 45.0 Å². The Balaban J connectivity index is 1.21. The van der Waals surface area contributed by atoms with E-state index in [0.29, 0.717) is 32.3 Å². The van der Waals surface area contributed by atoms with Gasteiger partial charge in [0.15, 0.2) is 0 Å². The van der Waals surface area contributed by atoms with Crippen LogP contribution in [0.5, 0.6) is 5.75 Å². The summed E-state index contributed by atoms with van der Waals surface area (Å²) in [5.74, 6) is -1.37. The summed E-state index contributed by atoms with van der Waals surface area (Å²) in [6, 6.07) is 34.1. The summed E-state index contributed by atoms with van der Waals surface area (Å²) < 4.78 is 11.9. The average Bonchev–Trinajstić information content (AvgIpc) is 3.64. The standard InChI is InChI=1S/C48H55N3O6/c1-3-5-8-20-39(27-35-16-9-6-10-17-35)48(55)57-34-42(29-40-31-49-45-22-14-13-21-44(40)45)51-47(54)38(15-4-2)30-46(53)50-41(32-52)28-36-23-25-43(26-24-36)56-33-37-18-11-7-12-19-37/h3-4,6-7,9-14,16-19,21-26,31,38-39,41-42,49,52H,1-2,5,8,15,20,27-30,32-34H2,(H,50,53)(H,51,54)/t38-,39+,41-,42-/m0/s1. The molecular formula is C48H55N3O6. The van der Waals surface area contributed by atoms with E-state index in [2.05, 4.69) is 28.8 Å². The lowest BCUT2D eigenvalue weighted by Crippen LogP contribution is -2.45. The Morgan fingerprint density at radius 1 is 0.737 bits per heavy atom. The minimum Gasteiger partial charge on any atom is -0.489 e. The molecule has 298 valence electrons. The third-order valence-corrected chi connectivity index (χ3v) is 10.0. The highest BCUT2D eigenvalue weighted by atomic mass is 16.5. The number of aliphatic hydroxyl groups excluding tert-OH is 1. The van der Waals surface area contributed by atoms with Crippen LogP contribution < -0.4 is 15.4 Å². The van der Waals surface area contributed by atoms with Gasteiger partial charge in [-0.1, -0.05) is 103 Å². The fourth-order valence-electron chi connectivity index (χ4n) is 6.95. The minimum absolute atomic E-state index is 0.0352. The Labute approximate surface area is 336 Å². The van der Waals surface area contributed by atoms with Gasteiger partial charge in [-0.2, -0.15) is 0 Å². The first kappa shape index (κ1) is 42.2. The highest BCUT2D eigenvalue weighted by molar-refractivity contribution is 5.87. The number of nitrogens with one attached hydrogen (secondary N) is 3. The first-order chi connectivity index (χ1) is 27.8. The van der Waals surface area contributed by atoms with Crippen molar-refractivity contribution in [3.63, 3.8) is 0 Å². The molecule has 0 radical (unpaired) electrons. The van der Waals surface area contributed by atoms with Crippen LogP contribution in [0.25, 0.3) is 10.9 Å². The molecule has 0 fully saturated rings. The van der Waals surface area contributed by atoms with E-state index in [9.17, 15) is 19.5 Å². The third-order valence-electron chi connectivity index (χ3n) is 10.0. The smallest absolute Gasteiger partial charge is 0.309 e. The first-order valence-corrected chi connectivity index (χ1v) is 19.8. The van der Waals surface area contributed by atoms with Gasteiger partial charge in [0.2, 0.25) is 11.8 Å². The number of esters is 1. The van der Waals surface area contributed by atoms with E-state index in [1.807, 2.05) is 121 Å². The van der Waals surface area contributed by atoms with Gasteiger partial charge in [0.1, 0.15) is 19.0 Å². The molecule has 57 heavy (non-hydrogen) atoms. The maximum absolute atomic E-state index is 13.9. The number of fused-ring (bicyclic) bond motifs is 1. The van der Waals surface area contributed by atoms with Crippen LogP contribution in [-0.4, -0.2) is 53.2 Å². The molecule has 4 N–H and O–H groups in total. The summed E-state index contributed by atoms with van der Waals surface area (Å²) in [4.78, 5) is 44.2. The lowest BCUT2D eigenvalue weighted by molar-refractivity contribution is -0.150. The molecule has 0 bridgehead atoms. The van der Waals surface area contributed by atoms with Crippen molar-refractivity contribution in [2.45, 2.75) is 70.1 Å². The fourth-order valence-corrected chi connectivity index (χ4v) is 6.95. The van der Waals surface area contributed by atoms with E-state index in [0.717, 1.165) is 51.7 Å². The number of amides is 2. The summed E-state index contributed by atoms with van der Waals surface area (Å²) in [5, 5.41) is 17.2. The molecule has 2 amide bonds. The number of hydrogen-bond acceptors (Lipinski definition) is 6. The van der Waals surface area contributed by atoms with Crippen LogP contribution in [0.2, 0.25) is 0 Å². The summed E-state index contributed by atoms with van der Waals surface area (Å²) in [6.07, 6.45) is 9.15. The topological polar surface area (TPSA) is 130 Å². The zero-order valence-electron chi connectivity index (χ0n) is 32.6. The van der Waals surface area contributed by atoms with Crippen LogP contribution >= 0.6 is 0 Å². The van der Waals surface area contributed by atoms with Crippen molar-refractivity contribution in [3.8, 4) is 5.75 Å². The Hall–Kier alpha value is -5.93. The number of aliphatic hydroxyl groups is 1. The van der Waals surface area contributed by atoms with Gasteiger partial charge in [-0.3, -0.25) is 14.4 Å². The molecule has 1 heterocycles. The fraction of sp³-hybridized carbons (Fsp3) is 0.312. The molecule has 4 atom stereocenters. The van der Waals surface area contributed by atoms with Crippen molar-refractivity contribution in [2.75, 3.05) is 13.2 Å². The van der Waals surface area contributed by atoms with Gasteiger partial charge < -0.3 is 30.2 Å². The second-order valence-corrected chi connectivity index (χ2v) is 14.5. The minimum atomic E-state index is -0.728. The van der Waals surface area contributed by atoms with Crippen molar-refractivity contribution in [3.05, 3.63) is 163 Å². The van der Waals surface area contributed by atoms with Gasteiger partial charge in [0.05, 0.1) is 30.5 Å². The van der Waals surface area contributed by atoms with E-state index in [1.165, 1.54) is 0 Å². The molecular weight excluding hydrogens is 715 g/mol. The zero-order valence-corrected chi connectivity index (χ0v) is 32.6. The number of aromatic nitrogens is 1. The van der Waals surface area contributed by atoms with Crippen molar-refractivity contribution in [1.82, 2.24) is 15.6 Å². The Bertz CT molecular complexity index is 2010. The Kier molecular flexibility index (Phi) is 16.7. The normalized spacial score (nSPS) is 13.1. The highest BCUT2D eigenvalue weighted by Gasteiger charge is 2.27. The van der Waals surface area contributed by atoms with Crippen LogP contribution in [0, 0.1) is 11.8 Å². The Morgan fingerprint density at radius 2 is 1.42 bits per heavy atom. The number of H-pyrrole nitrogens is 1. The molecule has 1 aromatic heterocycles. The number of carbonyl (C=O) groups is 3. The quantitative estimate of drug-likeness (QED) is 0.0288. The molecule has 0 saturated carbocycles. The van der Waals surface area contributed by atoms with Gasteiger partial charge in [-0.15, -0.1) is 13.2 Å². The number of unbranched alkanes of at least 4 members (excludes halogenated alkanes) is 1. The second-order valence-electron chi connectivity index (χ2n) is 14.5. The maximum Gasteiger partial charge on any atom is 0.309 e. The highest BCUT2D eigenvalue weighted by Crippen LogP contribution is 2.22. The number of hydrogen-bond donors (Lipinski definition) is 4. The monoisotopic (exact) mass is 769 g/mol. The molecule has 0 saturated heterocycles. The molecule has 0 unspecified atom stereocenters. The van der Waals surface area contributed by atoms with E-state index < -0.39 is 18.0 Å². The lowest BCUT2D eigenvalue weighted by atomic mass is 9.94. The molecule has 9 nitrogen and oxygen atoms in total. The average molecular weight is 770 g/mol. The molecule has 0 aliphatic carbocycles. The van der Waals surface area contributed by atoms with Gasteiger partial charge in [0.25, 0.3) is 0 Å². The number of carbonyl (C=O) groups excluding carboxylic acids is 3. The van der Waals surface area contributed by atoms with Crippen molar-refractivity contribution >= 4 is 28.7 Å².